The summed E-state index contributed by atoms with van der Waals surface area (Å²) < 4.78 is 16.5. The summed E-state index contributed by atoms with van der Waals surface area (Å²) in [6, 6.07) is 0. The molecular formula is C27H38O8. The molecule has 8 nitrogen and oxygen atoms in total. The Hall–Kier alpha value is -1.93. The van der Waals surface area contributed by atoms with Crippen molar-refractivity contribution in [1.29, 1.82) is 0 Å². The van der Waals surface area contributed by atoms with E-state index in [-0.39, 0.29) is 41.5 Å². The molecule has 8 heteroatoms. The molecule has 0 aromatic rings. The second-order valence-electron chi connectivity index (χ2n) is 12.2. The summed E-state index contributed by atoms with van der Waals surface area (Å²) in [4.78, 5) is 35.6. The molecule has 35 heavy (non-hydrogen) atoms. The second kappa shape index (κ2) is 8.30. The van der Waals surface area contributed by atoms with E-state index in [2.05, 4.69) is 6.92 Å². The molecule has 1 aliphatic heterocycles. The number of esters is 3. The van der Waals surface area contributed by atoms with E-state index >= 15 is 0 Å². The Morgan fingerprint density at radius 1 is 1.09 bits per heavy atom. The van der Waals surface area contributed by atoms with Crippen molar-refractivity contribution >= 4 is 17.9 Å². The minimum Gasteiger partial charge on any atom is -0.462 e. The number of ether oxygens (including phenoxy) is 3. The molecule has 0 aromatic carbocycles. The molecule has 5 rings (SSSR count). The van der Waals surface area contributed by atoms with Crippen molar-refractivity contribution in [2.45, 2.75) is 96.6 Å². The first-order valence-electron chi connectivity index (χ1n) is 13.0. The number of fused-ring (bicyclic) bond motifs is 5. The van der Waals surface area contributed by atoms with Crippen molar-refractivity contribution in [3.8, 4) is 0 Å². The average Bonchev–Trinajstić information content (AvgIpc) is 3.31. The van der Waals surface area contributed by atoms with Crippen LogP contribution in [0.1, 0.15) is 72.6 Å². The molecule has 0 saturated heterocycles. The molecule has 1 heterocycles. The van der Waals surface area contributed by atoms with E-state index < -0.39 is 41.3 Å². The molecule has 0 bridgehead atoms. The van der Waals surface area contributed by atoms with E-state index in [4.69, 9.17) is 14.2 Å². The van der Waals surface area contributed by atoms with Crippen LogP contribution < -0.4 is 0 Å². The number of aliphatic hydroxyl groups excluding tert-OH is 1. The van der Waals surface area contributed by atoms with Crippen LogP contribution >= 0.6 is 0 Å². The molecule has 0 radical (unpaired) electrons. The van der Waals surface area contributed by atoms with Gasteiger partial charge in [-0.15, -0.1) is 0 Å². The number of cyclic esters (lactones) is 1. The van der Waals surface area contributed by atoms with E-state index in [1.807, 2.05) is 6.92 Å². The average molecular weight is 491 g/mol. The van der Waals surface area contributed by atoms with Crippen LogP contribution in [0.5, 0.6) is 0 Å². The van der Waals surface area contributed by atoms with Crippen LogP contribution in [-0.2, 0) is 28.6 Å². The molecule has 0 aromatic heterocycles. The third kappa shape index (κ3) is 3.66. The highest BCUT2D eigenvalue weighted by molar-refractivity contribution is 5.85. The van der Waals surface area contributed by atoms with Gasteiger partial charge in [0.05, 0.1) is 6.10 Å². The molecule has 194 valence electrons. The number of carbonyl (C=O) groups is 3. The highest BCUT2D eigenvalue weighted by Gasteiger charge is 2.71. The summed E-state index contributed by atoms with van der Waals surface area (Å²) in [5, 5.41) is 23.9. The third-order valence-electron chi connectivity index (χ3n) is 10.5. The fraction of sp³-hybridized carbons (Fsp3) is 0.815. The minimum absolute atomic E-state index is 0.0623. The van der Waals surface area contributed by atoms with Crippen molar-refractivity contribution in [3.05, 3.63) is 11.6 Å². The summed E-state index contributed by atoms with van der Waals surface area (Å²) in [7, 11) is 0. The highest BCUT2D eigenvalue weighted by Crippen LogP contribution is 2.69. The first-order valence-corrected chi connectivity index (χ1v) is 13.0. The Balaban J connectivity index is 1.51. The SMILES string of the molecule is CC(=O)O[C@H]1CC[C@]2(C)[C@@H]3[C@@H](C[C@H](OC(C)=O)[C@@]2(O)C1)[C@@H]1CC[C@H](C2=CC(=O)OC2)[C@@]1(C)C[C@H]3O. The topological polar surface area (TPSA) is 119 Å². The summed E-state index contributed by atoms with van der Waals surface area (Å²) in [6.45, 7) is 7.28. The van der Waals surface area contributed by atoms with Gasteiger partial charge in [-0.05, 0) is 73.2 Å². The number of rotatable bonds is 3. The van der Waals surface area contributed by atoms with Crippen LogP contribution in [-0.4, -0.2) is 58.6 Å². The van der Waals surface area contributed by atoms with E-state index in [1.54, 1.807) is 6.08 Å². The number of hydrogen-bond acceptors (Lipinski definition) is 8. The number of aliphatic hydroxyl groups is 2. The van der Waals surface area contributed by atoms with Gasteiger partial charge in [0.15, 0.2) is 0 Å². The molecule has 10 atom stereocenters. The Labute approximate surface area is 206 Å². The summed E-state index contributed by atoms with van der Waals surface area (Å²) in [5.41, 5.74) is -1.29. The van der Waals surface area contributed by atoms with Gasteiger partial charge in [-0.3, -0.25) is 9.59 Å². The van der Waals surface area contributed by atoms with Crippen LogP contribution in [0.25, 0.3) is 0 Å². The zero-order valence-corrected chi connectivity index (χ0v) is 21.1. The lowest BCUT2D eigenvalue weighted by Gasteiger charge is -2.66. The Kier molecular flexibility index (Phi) is 5.87. The maximum atomic E-state index is 12.2. The van der Waals surface area contributed by atoms with Crippen molar-refractivity contribution in [1.82, 2.24) is 0 Å². The van der Waals surface area contributed by atoms with Gasteiger partial charge in [0.2, 0.25) is 0 Å². The van der Waals surface area contributed by atoms with Crippen LogP contribution in [0.15, 0.2) is 11.6 Å². The van der Waals surface area contributed by atoms with E-state index in [1.165, 1.54) is 13.8 Å². The van der Waals surface area contributed by atoms with Crippen molar-refractivity contribution in [2.24, 2.45) is 34.5 Å². The molecule has 2 N–H and O–H groups in total. The lowest BCUT2D eigenvalue weighted by molar-refractivity contribution is -0.286. The van der Waals surface area contributed by atoms with Crippen molar-refractivity contribution in [3.63, 3.8) is 0 Å². The predicted octanol–water partition coefficient (Wildman–Crippen LogP) is 2.69. The van der Waals surface area contributed by atoms with Gasteiger partial charge in [-0.25, -0.2) is 4.79 Å². The number of hydrogen-bond donors (Lipinski definition) is 2. The molecule has 4 saturated carbocycles. The molecule has 5 aliphatic rings. The first kappa shape index (κ1) is 24.8. The Morgan fingerprint density at radius 2 is 1.80 bits per heavy atom. The quantitative estimate of drug-likeness (QED) is 0.458. The largest absolute Gasteiger partial charge is 0.462 e. The van der Waals surface area contributed by atoms with Gasteiger partial charge in [0, 0.05) is 31.8 Å². The lowest BCUT2D eigenvalue weighted by atomic mass is 9.41. The Morgan fingerprint density at radius 3 is 2.43 bits per heavy atom. The highest BCUT2D eigenvalue weighted by atomic mass is 16.6. The van der Waals surface area contributed by atoms with Gasteiger partial charge in [0.25, 0.3) is 0 Å². The van der Waals surface area contributed by atoms with E-state index in [0.29, 0.717) is 32.3 Å². The third-order valence-corrected chi connectivity index (χ3v) is 10.5. The van der Waals surface area contributed by atoms with Gasteiger partial charge < -0.3 is 24.4 Å². The molecular weight excluding hydrogens is 452 g/mol. The predicted molar refractivity (Wildman–Crippen MR) is 124 cm³/mol. The number of carbonyl (C=O) groups excluding carboxylic acids is 3. The van der Waals surface area contributed by atoms with Crippen LogP contribution in [0.4, 0.5) is 0 Å². The summed E-state index contributed by atoms with van der Waals surface area (Å²) in [6.07, 6.45) is 4.07. The fourth-order valence-electron chi connectivity index (χ4n) is 9.22. The molecule has 0 amide bonds. The normalized spacial score (nSPS) is 48.7. The molecule has 4 fully saturated rings. The van der Waals surface area contributed by atoms with Crippen LogP contribution in [0, 0.1) is 34.5 Å². The zero-order chi connectivity index (χ0) is 25.3. The zero-order valence-electron chi connectivity index (χ0n) is 21.1. The minimum atomic E-state index is -1.40. The van der Waals surface area contributed by atoms with Crippen LogP contribution in [0.2, 0.25) is 0 Å². The van der Waals surface area contributed by atoms with Gasteiger partial charge in [0.1, 0.15) is 24.4 Å². The standard InChI is InChI=1S/C27H38O8/c1-14(28)34-17-7-8-26(4)24-18(10-22(35-15(2)29)27(26,32)11-17)20-6-5-19(16-9-23(31)33-13-16)25(20,3)12-21(24)30/h9,17-22,24,30,32H,5-8,10-13H2,1-4H3/t17-,18-,19+,20-,21+,22-,24+,25+,26+,27-/m0/s1. The van der Waals surface area contributed by atoms with Crippen molar-refractivity contribution in [2.75, 3.05) is 6.61 Å². The maximum absolute atomic E-state index is 12.2. The monoisotopic (exact) mass is 490 g/mol. The smallest absolute Gasteiger partial charge is 0.331 e. The van der Waals surface area contributed by atoms with E-state index in [9.17, 15) is 24.6 Å². The van der Waals surface area contributed by atoms with Gasteiger partial charge >= 0.3 is 17.9 Å². The van der Waals surface area contributed by atoms with Crippen LogP contribution in [0.3, 0.4) is 0 Å². The molecule has 0 unspecified atom stereocenters. The Bertz CT molecular complexity index is 959. The van der Waals surface area contributed by atoms with Gasteiger partial charge in [-0.1, -0.05) is 13.8 Å². The van der Waals surface area contributed by atoms with E-state index in [0.717, 1.165) is 18.4 Å². The second-order valence-corrected chi connectivity index (χ2v) is 12.2. The summed E-state index contributed by atoms with van der Waals surface area (Å²) in [5.74, 6) is -0.811. The maximum Gasteiger partial charge on any atom is 0.331 e. The fourth-order valence-corrected chi connectivity index (χ4v) is 9.22. The first-order chi connectivity index (χ1) is 16.4. The summed E-state index contributed by atoms with van der Waals surface area (Å²) >= 11 is 0. The van der Waals surface area contributed by atoms with Crippen molar-refractivity contribution < 1.29 is 38.8 Å². The molecule has 4 aliphatic carbocycles. The lowest BCUT2D eigenvalue weighted by Crippen LogP contribution is -2.71. The molecule has 0 spiro atoms. The van der Waals surface area contributed by atoms with Gasteiger partial charge in [-0.2, -0.15) is 0 Å².